The van der Waals surface area contributed by atoms with E-state index in [1.165, 1.54) is 12.1 Å². The summed E-state index contributed by atoms with van der Waals surface area (Å²) in [6.07, 6.45) is 0.202. The molecule has 1 aliphatic carbocycles. The summed E-state index contributed by atoms with van der Waals surface area (Å²) in [6, 6.07) is 14.4. The first kappa shape index (κ1) is 14.9. The van der Waals surface area contributed by atoms with Crippen LogP contribution in [0.2, 0.25) is 0 Å². The van der Waals surface area contributed by atoms with Gasteiger partial charge in [-0.25, -0.2) is 0 Å². The second-order valence-corrected chi connectivity index (χ2v) is 5.35. The highest BCUT2D eigenvalue weighted by atomic mass is 19.3. The van der Waals surface area contributed by atoms with E-state index in [2.05, 4.69) is 10.1 Å². The van der Waals surface area contributed by atoms with Gasteiger partial charge in [0.1, 0.15) is 5.75 Å². The van der Waals surface area contributed by atoms with E-state index in [0.29, 0.717) is 13.0 Å². The molecule has 5 heteroatoms. The van der Waals surface area contributed by atoms with E-state index in [4.69, 9.17) is 0 Å². The molecule has 0 aromatic heterocycles. The number of hydrogen-bond donors (Lipinski definition) is 2. The minimum absolute atomic E-state index is 0.104. The third-order valence-corrected chi connectivity index (χ3v) is 3.88. The Hall–Kier alpha value is -1.98. The Morgan fingerprint density at radius 1 is 1.14 bits per heavy atom. The Labute approximate surface area is 127 Å². The van der Waals surface area contributed by atoms with Crippen LogP contribution in [0, 0.1) is 0 Å². The summed E-state index contributed by atoms with van der Waals surface area (Å²) in [5, 5.41) is 13.5. The summed E-state index contributed by atoms with van der Waals surface area (Å²) in [5.74, 6) is 0.144. The van der Waals surface area contributed by atoms with Crippen molar-refractivity contribution in [1.29, 1.82) is 0 Å². The van der Waals surface area contributed by atoms with Crippen LogP contribution in [0.4, 0.5) is 8.78 Å². The molecule has 0 fully saturated rings. The first-order chi connectivity index (χ1) is 10.6. The molecule has 0 spiro atoms. The summed E-state index contributed by atoms with van der Waals surface area (Å²) in [5.41, 5.74) is 3.22. The van der Waals surface area contributed by atoms with Gasteiger partial charge < -0.3 is 15.2 Å². The van der Waals surface area contributed by atoms with Crippen LogP contribution in [0.15, 0.2) is 48.5 Å². The topological polar surface area (TPSA) is 41.5 Å². The zero-order valence-electron chi connectivity index (χ0n) is 11.9. The molecule has 0 heterocycles. The molecular weight excluding hydrogens is 288 g/mol. The molecular formula is C17H17F2NO2. The normalized spacial score (nSPS) is 20.2. The van der Waals surface area contributed by atoms with Crippen molar-refractivity contribution in [2.45, 2.75) is 31.7 Å². The summed E-state index contributed by atoms with van der Waals surface area (Å²) >= 11 is 0. The second kappa shape index (κ2) is 6.42. The summed E-state index contributed by atoms with van der Waals surface area (Å²) in [4.78, 5) is 0. The van der Waals surface area contributed by atoms with Crippen LogP contribution in [0.5, 0.6) is 5.75 Å². The number of ether oxygens (including phenoxy) is 1. The van der Waals surface area contributed by atoms with Gasteiger partial charge in [-0.2, -0.15) is 8.78 Å². The summed E-state index contributed by atoms with van der Waals surface area (Å²) in [7, 11) is 0. The monoisotopic (exact) mass is 305 g/mol. The first-order valence-electron chi connectivity index (χ1n) is 7.16. The zero-order chi connectivity index (χ0) is 15.5. The molecule has 3 rings (SSSR count). The summed E-state index contributed by atoms with van der Waals surface area (Å²) < 4.78 is 28.5. The molecule has 0 aliphatic heterocycles. The van der Waals surface area contributed by atoms with Crippen molar-refractivity contribution >= 4 is 0 Å². The molecule has 2 aromatic carbocycles. The number of aliphatic hydroxyl groups excluding tert-OH is 1. The van der Waals surface area contributed by atoms with Gasteiger partial charge in [0.15, 0.2) is 0 Å². The molecule has 2 aromatic rings. The fourth-order valence-electron chi connectivity index (χ4n) is 2.84. The minimum Gasteiger partial charge on any atom is -0.435 e. The number of hydrogen-bond acceptors (Lipinski definition) is 3. The lowest BCUT2D eigenvalue weighted by molar-refractivity contribution is -0.0498. The Balaban J connectivity index is 1.63. The highest BCUT2D eigenvalue weighted by Crippen LogP contribution is 2.31. The highest BCUT2D eigenvalue weighted by molar-refractivity contribution is 5.36. The van der Waals surface area contributed by atoms with Crippen LogP contribution in [-0.2, 0) is 13.0 Å². The number of nitrogens with one attached hydrogen (secondary N) is 1. The lowest BCUT2D eigenvalue weighted by Gasteiger charge is -2.18. The fraction of sp³-hybridized carbons (Fsp3) is 0.294. The number of rotatable bonds is 5. The Bertz CT molecular complexity index is 631. The summed E-state index contributed by atoms with van der Waals surface area (Å²) in [6.45, 7) is -2.26. The molecule has 0 amide bonds. The average molecular weight is 305 g/mol. The standard InChI is InChI=1S/C17H17F2NO2/c18-17(19)22-13-7-5-11(6-8-13)10-20-16-14-4-2-1-3-12(14)9-15(16)21/h1-8,15-17,20-21H,9-10H2/t15-,16+/m0/s1. The number of fused-ring (bicyclic) bond motifs is 1. The van der Waals surface area contributed by atoms with E-state index in [9.17, 15) is 13.9 Å². The fourth-order valence-corrected chi connectivity index (χ4v) is 2.84. The van der Waals surface area contributed by atoms with Gasteiger partial charge in [-0.3, -0.25) is 0 Å². The van der Waals surface area contributed by atoms with Crippen molar-refractivity contribution in [3.63, 3.8) is 0 Å². The van der Waals surface area contributed by atoms with Gasteiger partial charge in [-0.15, -0.1) is 0 Å². The van der Waals surface area contributed by atoms with Crippen LogP contribution in [0.25, 0.3) is 0 Å². The average Bonchev–Trinajstić information content (AvgIpc) is 2.81. The van der Waals surface area contributed by atoms with Gasteiger partial charge >= 0.3 is 6.61 Å². The molecule has 0 saturated carbocycles. The van der Waals surface area contributed by atoms with E-state index < -0.39 is 12.7 Å². The number of aliphatic hydroxyl groups is 1. The molecule has 22 heavy (non-hydrogen) atoms. The number of alkyl halides is 2. The number of benzene rings is 2. The molecule has 2 atom stereocenters. The third kappa shape index (κ3) is 3.26. The quantitative estimate of drug-likeness (QED) is 0.892. The van der Waals surface area contributed by atoms with Gasteiger partial charge in [0, 0.05) is 13.0 Å². The van der Waals surface area contributed by atoms with Crippen LogP contribution < -0.4 is 10.1 Å². The van der Waals surface area contributed by atoms with Crippen LogP contribution in [-0.4, -0.2) is 17.8 Å². The Morgan fingerprint density at radius 3 is 2.59 bits per heavy atom. The molecule has 1 aliphatic rings. The van der Waals surface area contributed by atoms with E-state index in [-0.39, 0.29) is 11.8 Å². The SMILES string of the molecule is O[C@H]1Cc2ccccc2[C@H]1NCc1ccc(OC(F)F)cc1. The van der Waals surface area contributed by atoms with Crippen LogP contribution in [0.3, 0.4) is 0 Å². The maximum absolute atomic E-state index is 12.1. The predicted molar refractivity (Wildman–Crippen MR) is 78.8 cm³/mol. The third-order valence-electron chi connectivity index (χ3n) is 3.88. The molecule has 2 N–H and O–H groups in total. The van der Waals surface area contributed by atoms with Crippen molar-refractivity contribution in [1.82, 2.24) is 5.32 Å². The minimum atomic E-state index is -2.81. The highest BCUT2D eigenvalue weighted by Gasteiger charge is 2.29. The Kier molecular flexibility index (Phi) is 4.36. The van der Waals surface area contributed by atoms with Crippen LogP contribution in [0.1, 0.15) is 22.7 Å². The molecule has 3 nitrogen and oxygen atoms in total. The number of halogens is 2. The largest absolute Gasteiger partial charge is 0.435 e. The van der Waals surface area contributed by atoms with Crippen molar-refractivity contribution in [3.8, 4) is 5.75 Å². The van der Waals surface area contributed by atoms with Gasteiger partial charge in [0.25, 0.3) is 0 Å². The van der Waals surface area contributed by atoms with Crippen molar-refractivity contribution in [2.75, 3.05) is 0 Å². The molecule has 116 valence electrons. The van der Waals surface area contributed by atoms with E-state index >= 15 is 0 Å². The van der Waals surface area contributed by atoms with Crippen molar-refractivity contribution < 1.29 is 18.6 Å². The van der Waals surface area contributed by atoms with E-state index in [0.717, 1.165) is 16.7 Å². The molecule has 0 bridgehead atoms. The van der Waals surface area contributed by atoms with Crippen molar-refractivity contribution in [2.24, 2.45) is 0 Å². The lowest BCUT2D eigenvalue weighted by atomic mass is 10.1. The molecule has 0 saturated heterocycles. The zero-order valence-corrected chi connectivity index (χ0v) is 11.9. The van der Waals surface area contributed by atoms with Gasteiger partial charge in [0.05, 0.1) is 12.1 Å². The maximum atomic E-state index is 12.1. The van der Waals surface area contributed by atoms with Gasteiger partial charge in [-0.1, -0.05) is 36.4 Å². The van der Waals surface area contributed by atoms with E-state index in [1.807, 2.05) is 24.3 Å². The van der Waals surface area contributed by atoms with Crippen molar-refractivity contribution in [3.05, 3.63) is 65.2 Å². The second-order valence-electron chi connectivity index (χ2n) is 5.35. The lowest BCUT2D eigenvalue weighted by Crippen LogP contribution is -2.28. The van der Waals surface area contributed by atoms with Gasteiger partial charge in [-0.05, 0) is 28.8 Å². The smallest absolute Gasteiger partial charge is 0.387 e. The maximum Gasteiger partial charge on any atom is 0.387 e. The predicted octanol–water partition coefficient (Wildman–Crippen LogP) is 3.04. The molecule has 0 unspecified atom stereocenters. The van der Waals surface area contributed by atoms with E-state index in [1.54, 1.807) is 12.1 Å². The van der Waals surface area contributed by atoms with Gasteiger partial charge in [0.2, 0.25) is 0 Å². The first-order valence-corrected chi connectivity index (χ1v) is 7.16. The van der Waals surface area contributed by atoms with Crippen LogP contribution >= 0.6 is 0 Å². The molecule has 0 radical (unpaired) electrons. The Morgan fingerprint density at radius 2 is 1.86 bits per heavy atom.